The lowest BCUT2D eigenvalue weighted by Gasteiger charge is -2.34. The topological polar surface area (TPSA) is 58.6 Å². The van der Waals surface area contributed by atoms with E-state index in [0.29, 0.717) is 17.9 Å². The molecule has 1 aliphatic rings. The SMILES string of the molecule is CNC(=O)[C@@H]1CN(C(=O)Cc2ccccc2C)c2ccccc2O1. The van der Waals surface area contributed by atoms with Crippen LogP contribution in [0.1, 0.15) is 11.1 Å². The summed E-state index contributed by atoms with van der Waals surface area (Å²) in [5, 5.41) is 2.58. The molecule has 1 heterocycles. The van der Waals surface area contributed by atoms with Gasteiger partial charge in [-0.25, -0.2) is 0 Å². The first-order valence-electron chi connectivity index (χ1n) is 7.92. The smallest absolute Gasteiger partial charge is 0.262 e. The average molecular weight is 324 g/mol. The first-order chi connectivity index (χ1) is 11.6. The van der Waals surface area contributed by atoms with E-state index in [2.05, 4.69) is 5.32 Å². The van der Waals surface area contributed by atoms with Crippen molar-refractivity contribution >= 4 is 17.5 Å². The molecule has 0 spiro atoms. The monoisotopic (exact) mass is 324 g/mol. The van der Waals surface area contributed by atoms with Crippen molar-refractivity contribution in [2.45, 2.75) is 19.4 Å². The number of rotatable bonds is 3. The predicted molar refractivity (Wildman–Crippen MR) is 92.2 cm³/mol. The van der Waals surface area contributed by atoms with Crippen LogP contribution in [0.3, 0.4) is 0 Å². The van der Waals surface area contributed by atoms with Crippen LogP contribution >= 0.6 is 0 Å². The minimum absolute atomic E-state index is 0.0473. The summed E-state index contributed by atoms with van der Waals surface area (Å²) in [6, 6.07) is 15.1. The van der Waals surface area contributed by atoms with Gasteiger partial charge in [-0.2, -0.15) is 0 Å². The van der Waals surface area contributed by atoms with Crippen molar-refractivity contribution < 1.29 is 14.3 Å². The van der Waals surface area contributed by atoms with E-state index in [1.165, 1.54) is 0 Å². The van der Waals surface area contributed by atoms with Crippen molar-refractivity contribution in [2.24, 2.45) is 0 Å². The summed E-state index contributed by atoms with van der Waals surface area (Å²) in [4.78, 5) is 26.5. The number of hydrogen-bond acceptors (Lipinski definition) is 3. The number of carbonyl (C=O) groups is 2. The maximum absolute atomic E-state index is 12.9. The van der Waals surface area contributed by atoms with Crippen LogP contribution in [0.15, 0.2) is 48.5 Å². The number of aryl methyl sites for hydroxylation is 1. The van der Waals surface area contributed by atoms with Crippen LogP contribution in [0.5, 0.6) is 5.75 Å². The lowest BCUT2D eigenvalue weighted by atomic mass is 10.0. The summed E-state index contributed by atoms with van der Waals surface area (Å²) >= 11 is 0. The second kappa shape index (κ2) is 6.74. The molecular weight excluding hydrogens is 304 g/mol. The second-order valence-electron chi connectivity index (χ2n) is 5.80. The van der Waals surface area contributed by atoms with Crippen LogP contribution in [0.2, 0.25) is 0 Å². The van der Waals surface area contributed by atoms with Gasteiger partial charge in [0.15, 0.2) is 6.10 Å². The molecule has 2 amide bonds. The third-order valence-corrected chi connectivity index (χ3v) is 4.22. The van der Waals surface area contributed by atoms with Crippen molar-refractivity contribution in [2.75, 3.05) is 18.5 Å². The van der Waals surface area contributed by atoms with Crippen LogP contribution < -0.4 is 15.0 Å². The van der Waals surface area contributed by atoms with Gasteiger partial charge in [-0.05, 0) is 30.2 Å². The van der Waals surface area contributed by atoms with Gasteiger partial charge >= 0.3 is 0 Å². The summed E-state index contributed by atoms with van der Waals surface area (Å²) in [6.07, 6.45) is -0.410. The number of carbonyl (C=O) groups excluding carboxylic acids is 2. The Morgan fingerprint density at radius 2 is 1.88 bits per heavy atom. The fourth-order valence-electron chi connectivity index (χ4n) is 2.83. The number of benzene rings is 2. The normalized spacial score (nSPS) is 16.1. The van der Waals surface area contributed by atoms with Crippen molar-refractivity contribution in [3.8, 4) is 5.75 Å². The van der Waals surface area contributed by atoms with Crippen molar-refractivity contribution in [3.63, 3.8) is 0 Å². The molecule has 1 aliphatic heterocycles. The third kappa shape index (κ3) is 3.11. The number of likely N-dealkylation sites (N-methyl/N-ethyl adjacent to an activating group) is 1. The quantitative estimate of drug-likeness (QED) is 0.940. The van der Waals surface area contributed by atoms with E-state index in [0.717, 1.165) is 11.1 Å². The van der Waals surface area contributed by atoms with Gasteiger partial charge in [0.2, 0.25) is 5.91 Å². The minimum atomic E-state index is -0.703. The van der Waals surface area contributed by atoms with Gasteiger partial charge in [-0.3, -0.25) is 9.59 Å². The largest absolute Gasteiger partial charge is 0.477 e. The summed E-state index contributed by atoms with van der Waals surface area (Å²) in [7, 11) is 1.56. The predicted octanol–water partition coefficient (Wildman–Crippen LogP) is 2.08. The van der Waals surface area contributed by atoms with Crippen LogP contribution in [-0.4, -0.2) is 31.5 Å². The summed E-state index contributed by atoms with van der Waals surface area (Å²) in [6.45, 7) is 2.20. The Hall–Kier alpha value is -2.82. The highest BCUT2D eigenvalue weighted by Crippen LogP contribution is 2.33. The number of amides is 2. The van der Waals surface area contributed by atoms with E-state index in [9.17, 15) is 9.59 Å². The average Bonchev–Trinajstić information content (AvgIpc) is 2.61. The molecule has 0 unspecified atom stereocenters. The number of nitrogens with zero attached hydrogens (tertiary/aromatic N) is 1. The molecule has 2 aromatic carbocycles. The Morgan fingerprint density at radius 1 is 1.17 bits per heavy atom. The highest BCUT2D eigenvalue weighted by Gasteiger charge is 2.33. The molecule has 3 rings (SSSR count). The van der Waals surface area contributed by atoms with E-state index in [-0.39, 0.29) is 18.4 Å². The lowest BCUT2D eigenvalue weighted by Crippen LogP contribution is -2.50. The molecule has 5 nitrogen and oxygen atoms in total. The van der Waals surface area contributed by atoms with Gasteiger partial charge in [0.25, 0.3) is 5.91 Å². The van der Waals surface area contributed by atoms with E-state index in [1.54, 1.807) is 18.0 Å². The molecule has 0 radical (unpaired) electrons. The molecule has 1 N–H and O–H groups in total. The van der Waals surface area contributed by atoms with Gasteiger partial charge < -0.3 is 15.0 Å². The standard InChI is InChI=1S/C19H20N2O3/c1-13-7-3-4-8-14(13)11-18(22)21-12-17(19(23)20-2)24-16-10-6-5-9-15(16)21/h3-10,17H,11-12H2,1-2H3,(H,20,23)/t17-/m0/s1. The van der Waals surface area contributed by atoms with Crippen LogP contribution in [0, 0.1) is 6.92 Å². The number of nitrogens with one attached hydrogen (secondary N) is 1. The highest BCUT2D eigenvalue weighted by molar-refractivity contribution is 5.98. The van der Waals surface area contributed by atoms with E-state index >= 15 is 0 Å². The van der Waals surface area contributed by atoms with Gasteiger partial charge in [-0.15, -0.1) is 0 Å². The molecule has 0 fully saturated rings. The number of para-hydroxylation sites is 2. The molecule has 0 aromatic heterocycles. The summed E-state index contributed by atoms with van der Waals surface area (Å²) < 4.78 is 5.73. The van der Waals surface area contributed by atoms with Crippen molar-refractivity contribution in [3.05, 3.63) is 59.7 Å². The van der Waals surface area contributed by atoms with E-state index in [4.69, 9.17) is 4.74 Å². The molecule has 5 heteroatoms. The Kier molecular flexibility index (Phi) is 4.51. The first kappa shape index (κ1) is 16.1. The van der Waals surface area contributed by atoms with E-state index in [1.807, 2.05) is 49.4 Å². The van der Waals surface area contributed by atoms with Crippen LogP contribution in [0.4, 0.5) is 5.69 Å². The zero-order valence-electron chi connectivity index (χ0n) is 13.8. The highest BCUT2D eigenvalue weighted by atomic mass is 16.5. The molecule has 2 aromatic rings. The van der Waals surface area contributed by atoms with Crippen molar-refractivity contribution in [1.29, 1.82) is 0 Å². The Morgan fingerprint density at radius 3 is 2.62 bits per heavy atom. The lowest BCUT2D eigenvalue weighted by molar-refractivity contribution is -0.127. The molecule has 0 aliphatic carbocycles. The van der Waals surface area contributed by atoms with Gasteiger partial charge in [0.1, 0.15) is 5.75 Å². The van der Waals surface area contributed by atoms with Crippen LogP contribution in [-0.2, 0) is 16.0 Å². The molecule has 0 bridgehead atoms. The minimum Gasteiger partial charge on any atom is -0.477 e. The zero-order chi connectivity index (χ0) is 17.1. The first-order valence-corrected chi connectivity index (χ1v) is 7.92. The summed E-state index contributed by atoms with van der Waals surface area (Å²) in [5.41, 5.74) is 2.77. The molecule has 124 valence electrons. The molecule has 0 saturated carbocycles. The number of ether oxygens (including phenoxy) is 1. The van der Waals surface area contributed by atoms with Gasteiger partial charge in [-0.1, -0.05) is 36.4 Å². The fraction of sp³-hybridized carbons (Fsp3) is 0.263. The second-order valence-corrected chi connectivity index (χ2v) is 5.80. The number of fused-ring (bicyclic) bond motifs is 1. The zero-order valence-corrected chi connectivity index (χ0v) is 13.8. The summed E-state index contributed by atoms with van der Waals surface area (Å²) in [5.74, 6) is 0.266. The van der Waals surface area contributed by atoms with Crippen molar-refractivity contribution in [1.82, 2.24) is 5.32 Å². The fourth-order valence-corrected chi connectivity index (χ4v) is 2.83. The Balaban J connectivity index is 1.89. The van der Waals surface area contributed by atoms with E-state index < -0.39 is 6.10 Å². The number of hydrogen-bond donors (Lipinski definition) is 1. The van der Waals surface area contributed by atoms with Crippen LogP contribution in [0.25, 0.3) is 0 Å². The molecule has 0 saturated heterocycles. The Bertz CT molecular complexity index is 773. The maximum Gasteiger partial charge on any atom is 0.262 e. The Labute approximate surface area is 141 Å². The number of anilines is 1. The molecular formula is C19H20N2O3. The van der Waals surface area contributed by atoms with Gasteiger partial charge in [0, 0.05) is 7.05 Å². The molecule has 24 heavy (non-hydrogen) atoms. The van der Waals surface area contributed by atoms with Gasteiger partial charge in [0.05, 0.1) is 18.7 Å². The molecule has 1 atom stereocenters. The third-order valence-electron chi connectivity index (χ3n) is 4.22. The maximum atomic E-state index is 12.9.